The minimum absolute atomic E-state index is 0.0861. The molecule has 0 aliphatic heterocycles. The maximum atomic E-state index is 12.4. The largest absolute Gasteiger partial charge is 0.393 e. The lowest BCUT2D eigenvalue weighted by atomic mass is 9.46. The van der Waals surface area contributed by atoms with Crippen molar-refractivity contribution < 1.29 is 27.7 Å². The minimum Gasteiger partial charge on any atom is -0.393 e. The van der Waals surface area contributed by atoms with E-state index in [1.54, 1.807) is 13.0 Å². The first-order valence-electron chi connectivity index (χ1n) is 10.8. The molecule has 0 saturated heterocycles. The minimum atomic E-state index is -1.70. The van der Waals surface area contributed by atoms with E-state index < -0.39 is 47.7 Å². The molecule has 3 saturated carbocycles. The molecule has 4 aliphatic carbocycles. The van der Waals surface area contributed by atoms with Gasteiger partial charge in [0.15, 0.2) is 11.6 Å². The Balaban J connectivity index is 1.81. The van der Waals surface area contributed by atoms with E-state index in [2.05, 4.69) is 0 Å². The molecule has 9 atom stereocenters. The smallest absolute Gasteiger partial charge is 0.190 e. The Morgan fingerprint density at radius 2 is 2.12 bits per heavy atom. The molecular weight excluding hydrogens is 334 g/mol. The van der Waals surface area contributed by atoms with E-state index >= 15 is 0 Å². The summed E-state index contributed by atoms with van der Waals surface area (Å²) in [5.74, 6) is -1.47. The lowest BCUT2D eigenvalue weighted by Crippen LogP contribution is -2.62. The van der Waals surface area contributed by atoms with Crippen LogP contribution in [0.2, 0.25) is 0 Å². The molecule has 0 bridgehead atoms. The highest BCUT2D eigenvalue weighted by Crippen LogP contribution is 2.67. The second kappa shape index (κ2) is 5.73. The normalized spacial score (nSPS) is 57.3. The third kappa shape index (κ3) is 2.14. The number of allylic oxidation sites excluding steroid dienone is 1. The van der Waals surface area contributed by atoms with Crippen LogP contribution in [0.15, 0.2) is 11.6 Å². The molecule has 4 rings (SSSR count). The number of aliphatic hydroxyl groups is 3. The van der Waals surface area contributed by atoms with E-state index in [0.717, 1.165) is 5.57 Å². The summed E-state index contributed by atoms with van der Waals surface area (Å²) in [6.45, 7) is 3.01. The molecule has 0 heterocycles. The monoisotopic (exact) mass is 366 g/mol. The summed E-state index contributed by atoms with van der Waals surface area (Å²) < 4.78 is 17.5. The van der Waals surface area contributed by atoms with Gasteiger partial charge in [-0.25, -0.2) is 0 Å². The number of ketones is 2. The summed E-state index contributed by atoms with van der Waals surface area (Å²) in [5.41, 5.74) is -2.49. The van der Waals surface area contributed by atoms with Crippen molar-refractivity contribution in [2.75, 3.05) is 6.61 Å². The molecule has 144 valence electrons. The van der Waals surface area contributed by atoms with E-state index in [1.165, 1.54) is 0 Å². The zero-order valence-electron chi connectivity index (χ0n) is 17.4. The van der Waals surface area contributed by atoms with E-state index in [0.29, 0.717) is 12.8 Å². The number of hydrogen-bond acceptors (Lipinski definition) is 5. The Morgan fingerprint density at radius 1 is 1.38 bits per heavy atom. The predicted octanol–water partition coefficient (Wildman–Crippen LogP) is 1.78. The Kier molecular flexibility index (Phi) is 3.52. The van der Waals surface area contributed by atoms with Gasteiger partial charge in [0.1, 0.15) is 12.2 Å². The van der Waals surface area contributed by atoms with Crippen LogP contribution >= 0.6 is 0 Å². The standard InChI is InChI=1S/C21H30O5/c1-19-7-5-13(23)9-12(19)3-4-14-15-6-8-21(26,17(25)11-22)20(15,2)10-16(24)18(14)19/h9,14-16,18,22,24,26H,3-8,10-11H2,1-2H3/t14-,15-,16-,18+,19-,20-,21-/m0/s1/i4D,7D,9+1,13+1/t4?,7-,14-,15-,16-,18+,19-,20-,21-. The summed E-state index contributed by atoms with van der Waals surface area (Å²) in [6, 6.07) is 0. The molecule has 0 aromatic heterocycles. The van der Waals surface area contributed by atoms with Gasteiger partial charge >= 0.3 is 0 Å². The summed E-state index contributed by atoms with van der Waals surface area (Å²) in [4.78, 5) is 24.4. The average molecular weight is 366 g/mol. The van der Waals surface area contributed by atoms with Gasteiger partial charge in [-0.2, -0.15) is 0 Å². The van der Waals surface area contributed by atoms with E-state index in [1.807, 2.05) is 6.92 Å². The summed E-state index contributed by atoms with van der Waals surface area (Å²) in [5, 5.41) is 31.9. The van der Waals surface area contributed by atoms with Gasteiger partial charge in [0.25, 0.3) is 0 Å². The Bertz CT molecular complexity index is 753. The first kappa shape index (κ1) is 16.0. The lowest BCUT2D eigenvalue weighted by Gasteiger charge is -2.60. The Morgan fingerprint density at radius 3 is 2.81 bits per heavy atom. The molecule has 5 nitrogen and oxygen atoms in total. The van der Waals surface area contributed by atoms with Gasteiger partial charge in [0.05, 0.1) is 6.10 Å². The van der Waals surface area contributed by atoms with Gasteiger partial charge in [-0.3, -0.25) is 9.59 Å². The molecule has 0 radical (unpaired) electrons. The third-order valence-electron chi connectivity index (χ3n) is 8.17. The fourth-order valence-corrected chi connectivity index (χ4v) is 6.72. The molecule has 0 aromatic carbocycles. The molecule has 0 spiro atoms. The van der Waals surface area contributed by atoms with Crippen molar-refractivity contribution in [2.45, 2.75) is 70.5 Å². The van der Waals surface area contributed by atoms with Gasteiger partial charge in [-0.15, -0.1) is 0 Å². The predicted molar refractivity (Wildman–Crippen MR) is 95.1 cm³/mol. The van der Waals surface area contributed by atoms with Crippen molar-refractivity contribution in [1.82, 2.24) is 0 Å². The van der Waals surface area contributed by atoms with Crippen molar-refractivity contribution in [1.29, 1.82) is 0 Å². The first-order chi connectivity index (χ1) is 13.0. The van der Waals surface area contributed by atoms with E-state index in [4.69, 9.17) is 2.74 Å². The molecule has 26 heavy (non-hydrogen) atoms. The topological polar surface area (TPSA) is 94.8 Å². The number of aliphatic hydroxyl groups excluding tert-OH is 2. The van der Waals surface area contributed by atoms with Gasteiger partial charge in [0.2, 0.25) is 0 Å². The summed E-state index contributed by atoms with van der Waals surface area (Å²) >= 11 is 0. The van der Waals surface area contributed by atoms with Gasteiger partial charge in [0, 0.05) is 14.6 Å². The quantitative estimate of drug-likeness (QED) is 0.648. The fraction of sp³-hybridized carbons (Fsp3) is 0.810. The second-order valence-electron chi connectivity index (χ2n) is 9.15. The molecule has 1 unspecified atom stereocenters. The van der Waals surface area contributed by atoms with Crippen LogP contribution in [0.5, 0.6) is 0 Å². The van der Waals surface area contributed by atoms with Crippen molar-refractivity contribution >= 4 is 11.6 Å². The Hall–Kier alpha value is -1.04. The molecule has 3 N–H and O–H groups in total. The van der Waals surface area contributed by atoms with Crippen molar-refractivity contribution in [3.63, 3.8) is 0 Å². The van der Waals surface area contributed by atoms with Crippen LogP contribution in [-0.2, 0) is 9.59 Å². The number of carbonyl (C=O) groups excluding carboxylic acids is 2. The maximum absolute atomic E-state index is 12.4. The highest BCUT2D eigenvalue weighted by atomic mass is 16.3. The first-order valence-corrected chi connectivity index (χ1v) is 9.63. The number of rotatable bonds is 2. The maximum Gasteiger partial charge on any atom is 0.190 e. The van der Waals surface area contributed by atoms with Gasteiger partial charge < -0.3 is 15.3 Å². The summed E-state index contributed by atoms with van der Waals surface area (Å²) in [7, 11) is 0. The number of Topliss-reactive ketones (excluding diaryl/α,β-unsaturated/α-hetero) is 1. The van der Waals surface area contributed by atoms with Crippen LogP contribution in [0.1, 0.15) is 61.5 Å². The van der Waals surface area contributed by atoms with E-state index in [9.17, 15) is 24.9 Å². The second-order valence-corrected chi connectivity index (χ2v) is 9.15. The van der Waals surface area contributed by atoms with Gasteiger partial charge in [-0.05, 0) is 67.7 Å². The fourth-order valence-electron chi connectivity index (χ4n) is 6.72. The van der Waals surface area contributed by atoms with Crippen LogP contribution in [0.3, 0.4) is 0 Å². The number of hydrogen-bond donors (Lipinski definition) is 3. The number of fused-ring (bicyclic) bond motifs is 5. The SMILES string of the molecule is [2H]C1CC2=[13CH][13C](=O)C[C@H]([2H])[C@]2(C)[C@@H]2[C@@H]1[C@@H]1CC[C@](O)(C(=O)CO)[C@@]1(C)C[C@@H]2O. The summed E-state index contributed by atoms with van der Waals surface area (Å²) in [6.07, 6.45) is 0.937. The zero-order chi connectivity index (χ0) is 20.6. The van der Waals surface area contributed by atoms with Crippen molar-refractivity contribution in [3.05, 3.63) is 11.6 Å². The average Bonchev–Trinajstić information content (AvgIpc) is 2.88. The molecule has 0 aromatic rings. The van der Waals surface area contributed by atoms with Crippen molar-refractivity contribution in [3.8, 4) is 0 Å². The van der Waals surface area contributed by atoms with Gasteiger partial charge in [-0.1, -0.05) is 19.4 Å². The highest BCUT2D eigenvalue weighted by Gasteiger charge is 2.68. The van der Waals surface area contributed by atoms with Crippen LogP contribution in [0, 0.1) is 28.6 Å². The molecular formula is C21H30O5. The number of carbonyl (C=O) groups is 2. The van der Waals surface area contributed by atoms with Crippen LogP contribution in [0.25, 0.3) is 0 Å². The van der Waals surface area contributed by atoms with Crippen LogP contribution < -0.4 is 0 Å². The zero-order valence-corrected chi connectivity index (χ0v) is 15.4. The highest BCUT2D eigenvalue weighted by molar-refractivity contribution is 5.91. The van der Waals surface area contributed by atoms with E-state index in [-0.39, 0.29) is 42.8 Å². The molecule has 5 heteroatoms. The molecule has 4 aliphatic rings. The van der Waals surface area contributed by atoms with Crippen LogP contribution in [-0.4, -0.2) is 45.2 Å². The van der Waals surface area contributed by atoms with Crippen molar-refractivity contribution in [2.24, 2.45) is 28.6 Å². The Labute approximate surface area is 157 Å². The van der Waals surface area contributed by atoms with Crippen LogP contribution in [0.4, 0.5) is 0 Å². The molecule has 0 amide bonds. The molecule has 3 fully saturated rings. The third-order valence-corrected chi connectivity index (χ3v) is 8.17. The lowest BCUT2D eigenvalue weighted by molar-refractivity contribution is -0.182.